The highest BCUT2D eigenvalue weighted by atomic mass is 32.1. The first kappa shape index (κ1) is 34.7. The summed E-state index contributed by atoms with van der Waals surface area (Å²) in [7, 11) is 0. The van der Waals surface area contributed by atoms with Crippen molar-refractivity contribution in [1.82, 2.24) is 4.90 Å². The molecule has 0 spiro atoms. The Hall–Kier alpha value is -5.48. The lowest BCUT2D eigenvalue weighted by Crippen LogP contribution is -2.39. The van der Waals surface area contributed by atoms with Gasteiger partial charge in [0.25, 0.3) is 0 Å². The van der Waals surface area contributed by atoms with Crippen LogP contribution in [0.5, 0.6) is 0 Å². The number of thiophene rings is 2. The molecule has 0 N–H and O–H groups in total. The van der Waals surface area contributed by atoms with E-state index >= 15 is 0 Å². The summed E-state index contributed by atoms with van der Waals surface area (Å²) in [4.78, 5) is 4.21. The molecule has 11 rings (SSSR count). The van der Waals surface area contributed by atoms with Gasteiger partial charge in [0.2, 0.25) is 0 Å². The highest BCUT2D eigenvalue weighted by Gasteiger charge is 2.29. The number of hydrogen-bond donors (Lipinski definition) is 0. The van der Waals surface area contributed by atoms with Gasteiger partial charge in [-0.3, -0.25) is 0 Å². The van der Waals surface area contributed by atoms with E-state index in [2.05, 4.69) is 175 Å². The van der Waals surface area contributed by atoms with Crippen LogP contribution in [0, 0.1) is 5.92 Å². The third-order valence-electron chi connectivity index (χ3n) is 12.7. The van der Waals surface area contributed by atoms with Crippen molar-refractivity contribution < 1.29 is 0 Å². The minimum absolute atomic E-state index is 0.263. The average molecular weight is 772 g/mol. The van der Waals surface area contributed by atoms with Crippen molar-refractivity contribution in [3.05, 3.63) is 212 Å². The summed E-state index contributed by atoms with van der Waals surface area (Å²) < 4.78 is 4.25. The van der Waals surface area contributed by atoms with Crippen LogP contribution in [0.4, 0.5) is 0 Å². The maximum atomic E-state index is 2.73. The van der Waals surface area contributed by atoms with Crippen LogP contribution in [-0.2, 0) is 6.42 Å². The molecule has 57 heavy (non-hydrogen) atoms. The van der Waals surface area contributed by atoms with Crippen molar-refractivity contribution in [2.75, 3.05) is 0 Å². The van der Waals surface area contributed by atoms with Gasteiger partial charge < -0.3 is 4.90 Å². The van der Waals surface area contributed by atoms with Gasteiger partial charge in [0.15, 0.2) is 0 Å². The van der Waals surface area contributed by atoms with Gasteiger partial charge in [-0.25, -0.2) is 0 Å². The van der Waals surface area contributed by atoms with Crippen molar-refractivity contribution >= 4 is 65.8 Å². The smallest absolute Gasteiger partial charge is 0.0557 e. The van der Waals surface area contributed by atoms with Crippen molar-refractivity contribution in [2.24, 2.45) is 5.92 Å². The highest BCUT2D eigenvalue weighted by Crippen LogP contribution is 2.42. The monoisotopic (exact) mass is 771 g/mol. The first-order valence-corrected chi connectivity index (χ1v) is 22.4. The Kier molecular flexibility index (Phi) is 9.02. The van der Waals surface area contributed by atoms with Gasteiger partial charge in [-0.2, -0.15) is 0 Å². The zero-order valence-corrected chi connectivity index (χ0v) is 33.7. The molecule has 0 amide bonds. The molecule has 1 nitrogen and oxygen atoms in total. The lowest BCUT2D eigenvalue weighted by molar-refractivity contribution is 0.405. The summed E-state index contributed by atoms with van der Waals surface area (Å²) in [5.74, 6) is 0.795. The van der Waals surface area contributed by atoms with Gasteiger partial charge >= 0.3 is 0 Å². The fourth-order valence-electron chi connectivity index (χ4n) is 9.87. The van der Waals surface area contributed by atoms with Crippen LogP contribution in [0.15, 0.2) is 175 Å². The van der Waals surface area contributed by atoms with Gasteiger partial charge in [0.05, 0.1) is 10.6 Å². The SMILES string of the molecule is C1=CC(N(C2=CCC(C3=CCC(c4cccc5sc6ccccc6c45)C=C3)C=C2)C2=c3sc4c(c3=CCC2)CCC=C4c2ccccc2)CC=C1c1ccccc1. The summed E-state index contributed by atoms with van der Waals surface area (Å²) >= 11 is 3.95. The molecule has 3 unspecified atom stereocenters. The second-order valence-corrected chi connectivity index (χ2v) is 18.1. The molecule has 0 fully saturated rings. The molecule has 3 heteroatoms. The van der Waals surface area contributed by atoms with E-state index < -0.39 is 0 Å². The molecule has 5 aliphatic rings. The first-order valence-electron chi connectivity index (χ1n) is 20.8. The van der Waals surface area contributed by atoms with Gasteiger partial charge in [-0.05, 0) is 107 Å². The number of allylic oxidation sites excluding steroid dienone is 10. The Bertz CT molecular complexity index is 2890. The molecule has 278 valence electrons. The maximum absolute atomic E-state index is 2.73. The van der Waals surface area contributed by atoms with Crippen molar-refractivity contribution in [3.8, 4) is 0 Å². The maximum Gasteiger partial charge on any atom is 0.0557 e. The van der Waals surface area contributed by atoms with Crippen LogP contribution >= 0.6 is 22.7 Å². The molecule has 0 aliphatic heterocycles. The van der Waals surface area contributed by atoms with Crippen molar-refractivity contribution in [1.29, 1.82) is 0 Å². The lowest BCUT2D eigenvalue weighted by Gasteiger charge is -2.37. The van der Waals surface area contributed by atoms with E-state index in [0.717, 1.165) is 44.9 Å². The lowest BCUT2D eigenvalue weighted by atomic mass is 9.82. The Morgan fingerprint density at radius 3 is 2.12 bits per heavy atom. The van der Waals surface area contributed by atoms with Gasteiger partial charge in [0.1, 0.15) is 0 Å². The van der Waals surface area contributed by atoms with Crippen molar-refractivity contribution in [2.45, 2.75) is 56.9 Å². The number of hydrogen-bond acceptors (Lipinski definition) is 3. The van der Waals surface area contributed by atoms with E-state index in [4.69, 9.17) is 0 Å². The fourth-order valence-corrected chi connectivity index (χ4v) is 12.5. The summed E-state index contributed by atoms with van der Waals surface area (Å²) in [6.07, 6.45) is 34.7. The number of nitrogens with zero attached hydrogens (tertiary/aromatic N) is 1. The molecule has 0 saturated heterocycles. The van der Waals surface area contributed by atoms with E-state index in [0.29, 0.717) is 11.8 Å². The summed E-state index contributed by atoms with van der Waals surface area (Å²) in [6, 6.07) is 37.9. The van der Waals surface area contributed by atoms with Crippen LogP contribution in [-0.4, -0.2) is 10.9 Å². The third-order valence-corrected chi connectivity index (χ3v) is 15.1. The molecule has 0 radical (unpaired) electrons. The normalized spacial score (nSPS) is 21.3. The topological polar surface area (TPSA) is 3.24 Å². The summed E-state index contributed by atoms with van der Waals surface area (Å²) in [5.41, 5.74) is 12.7. The largest absolute Gasteiger partial charge is 0.337 e. The molecule has 0 bridgehead atoms. The predicted molar refractivity (Wildman–Crippen MR) is 246 cm³/mol. The van der Waals surface area contributed by atoms with E-state index in [1.807, 2.05) is 22.7 Å². The number of benzene rings is 4. The molecule has 0 saturated carbocycles. The van der Waals surface area contributed by atoms with Crippen LogP contribution < -0.4 is 9.75 Å². The zero-order valence-electron chi connectivity index (χ0n) is 32.1. The van der Waals surface area contributed by atoms with E-state index in [9.17, 15) is 0 Å². The third kappa shape index (κ3) is 6.29. The number of rotatable bonds is 7. The van der Waals surface area contributed by atoms with Crippen LogP contribution in [0.25, 0.3) is 43.1 Å². The number of fused-ring (bicyclic) bond motifs is 6. The van der Waals surface area contributed by atoms with Gasteiger partial charge in [-0.15, -0.1) is 22.7 Å². The van der Waals surface area contributed by atoms with Crippen molar-refractivity contribution in [3.63, 3.8) is 0 Å². The van der Waals surface area contributed by atoms with Crippen LogP contribution in [0.2, 0.25) is 0 Å². The first-order chi connectivity index (χ1) is 28.3. The Morgan fingerprint density at radius 2 is 1.33 bits per heavy atom. The fraction of sp³-hybridized carbons (Fsp3) is 0.185. The molecule has 2 heterocycles. The van der Waals surface area contributed by atoms with E-state index in [1.54, 1.807) is 5.56 Å². The Labute approximate surface area is 343 Å². The van der Waals surface area contributed by atoms with Crippen LogP contribution in [0.3, 0.4) is 0 Å². The summed E-state index contributed by atoms with van der Waals surface area (Å²) in [6.45, 7) is 0. The second-order valence-electron chi connectivity index (χ2n) is 16.0. The second kappa shape index (κ2) is 14.8. The Balaban J connectivity index is 0.916. The molecule has 2 aromatic heterocycles. The molecule has 3 atom stereocenters. The molecular weight excluding hydrogens is 727 g/mol. The van der Waals surface area contributed by atoms with E-state index in [-0.39, 0.29) is 6.04 Å². The summed E-state index contributed by atoms with van der Waals surface area (Å²) in [5, 5.41) is 4.33. The minimum Gasteiger partial charge on any atom is -0.337 e. The molecule has 6 aromatic rings. The standard InChI is InChI=1S/C54H45NS2/c1-3-12-36(13-4-1)38-28-32-42(33-29-38)55(49-21-10-20-47-46-19-9-18-45(53(46)57-54(47)49)40-14-5-2-6-15-40)43-34-30-39(31-35-43)37-24-26-41(27-25-37)44-17-11-23-51-52(44)48-16-7-8-22-50(48)56-51/h1-8,11-18,20,22-26,28-30,32,34-35,39,41-42H,9-10,19,21,27,31,33H2. The van der Waals surface area contributed by atoms with Gasteiger partial charge in [-0.1, -0.05) is 152 Å². The molecular formula is C54H45NS2. The van der Waals surface area contributed by atoms with E-state index in [1.165, 1.54) is 79.6 Å². The predicted octanol–water partition coefficient (Wildman–Crippen LogP) is 13.0. The average Bonchev–Trinajstić information content (AvgIpc) is 3.87. The minimum atomic E-state index is 0.263. The quantitative estimate of drug-likeness (QED) is 0.156. The van der Waals surface area contributed by atoms with Gasteiger partial charge in [0, 0.05) is 48.3 Å². The molecule has 5 aliphatic carbocycles. The zero-order chi connectivity index (χ0) is 37.7. The Morgan fingerprint density at radius 1 is 0.561 bits per heavy atom. The van der Waals surface area contributed by atoms with Crippen LogP contribution in [0.1, 0.15) is 71.6 Å². The molecule has 4 aromatic carbocycles. The highest BCUT2D eigenvalue weighted by molar-refractivity contribution is 7.25.